The first-order valence-electron chi connectivity index (χ1n) is 6.14. The molecule has 0 heterocycles. The standard InChI is InChI=1S/C12H21NO5S/c1-11(2,3)18-10(15)13-12(8-14)6-5-9(7-12)19(4,16)17/h8-9H,5-7H2,1-4H3,(H,13,15)/t9-,12+/m0/s1. The van der Waals surface area contributed by atoms with Crippen molar-refractivity contribution < 1.29 is 22.7 Å². The molecule has 19 heavy (non-hydrogen) atoms. The molecule has 0 bridgehead atoms. The largest absolute Gasteiger partial charge is 0.444 e. The number of carbonyl (C=O) groups is 2. The summed E-state index contributed by atoms with van der Waals surface area (Å²) in [6.45, 7) is 5.15. The summed E-state index contributed by atoms with van der Waals surface area (Å²) in [5.74, 6) is 0. The predicted octanol–water partition coefficient (Wildman–Crippen LogP) is 1.05. The van der Waals surface area contributed by atoms with Crippen LogP contribution in [-0.4, -0.2) is 43.4 Å². The zero-order valence-electron chi connectivity index (χ0n) is 11.7. The Morgan fingerprint density at radius 3 is 2.37 bits per heavy atom. The van der Waals surface area contributed by atoms with E-state index in [0.717, 1.165) is 6.26 Å². The fourth-order valence-corrected chi connectivity index (χ4v) is 3.30. The van der Waals surface area contributed by atoms with Gasteiger partial charge < -0.3 is 14.8 Å². The maximum absolute atomic E-state index is 11.7. The normalized spacial score (nSPS) is 27.9. The van der Waals surface area contributed by atoms with Crippen LogP contribution in [-0.2, 0) is 19.4 Å². The highest BCUT2D eigenvalue weighted by atomic mass is 32.2. The highest BCUT2D eigenvalue weighted by Crippen LogP contribution is 2.32. The molecule has 1 aliphatic rings. The summed E-state index contributed by atoms with van der Waals surface area (Å²) in [6, 6.07) is 0. The van der Waals surface area contributed by atoms with Crippen molar-refractivity contribution in [2.45, 2.75) is 56.4 Å². The topological polar surface area (TPSA) is 89.5 Å². The molecule has 1 N–H and O–H groups in total. The average molecular weight is 291 g/mol. The molecule has 0 aromatic rings. The fourth-order valence-electron chi connectivity index (χ4n) is 2.15. The van der Waals surface area contributed by atoms with Gasteiger partial charge in [0, 0.05) is 6.26 Å². The quantitative estimate of drug-likeness (QED) is 0.785. The van der Waals surface area contributed by atoms with Gasteiger partial charge in [-0.25, -0.2) is 13.2 Å². The molecule has 1 amide bonds. The van der Waals surface area contributed by atoms with Crippen LogP contribution in [0.2, 0.25) is 0 Å². The van der Waals surface area contributed by atoms with Crippen LogP contribution in [0.4, 0.5) is 4.79 Å². The van der Waals surface area contributed by atoms with E-state index < -0.39 is 32.3 Å². The van der Waals surface area contributed by atoms with Crippen LogP contribution in [0.1, 0.15) is 40.0 Å². The van der Waals surface area contributed by atoms with Gasteiger partial charge in [0.1, 0.15) is 27.3 Å². The summed E-state index contributed by atoms with van der Waals surface area (Å²) >= 11 is 0. The second-order valence-corrected chi connectivity index (χ2v) is 8.42. The molecule has 1 saturated carbocycles. The molecule has 0 aromatic carbocycles. The molecule has 0 aromatic heterocycles. The molecule has 110 valence electrons. The van der Waals surface area contributed by atoms with Crippen LogP contribution >= 0.6 is 0 Å². The number of amides is 1. The first kappa shape index (κ1) is 15.9. The fraction of sp³-hybridized carbons (Fsp3) is 0.833. The minimum absolute atomic E-state index is 0.106. The van der Waals surface area contributed by atoms with E-state index in [4.69, 9.17) is 4.74 Å². The second-order valence-electron chi connectivity index (χ2n) is 6.10. The van der Waals surface area contributed by atoms with Gasteiger partial charge in [-0.1, -0.05) is 0 Å². The van der Waals surface area contributed by atoms with Crippen LogP contribution in [0, 0.1) is 0 Å². The molecule has 0 unspecified atom stereocenters. The van der Waals surface area contributed by atoms with E-state index in [9.17, 15) is 18.0 Å². The Labute approximate surface area is 113 Å². The molecule has 7 heteroatoms. The molecule has 1 rings (SSSR count). The average Bonchev–Trinajstić information content (AvgIpc) is 2.59. The minimum Gasteiger partial charge on any atom is -0.444 e. The third kappa shape index (κ3) is 4.49. The van der Waals surface area contributed by atoms with Gasteiger partial charge in [0.2, 0.25) is 0 Å². The smallest absolute Gasteiger partial charge is 0.408 e. The molecule has 0 spiro atoms. The van der Waals surface area contributed by atoms with Gasteiger partial charge in [-0.15, -0.1) is 0 Å². The SMILES string of the molecule is CC(C)(C)OC(=O)N[C@]1(C=O)CC[C@H](S(C)(=O)=O)C1. The highest BCUT2D eigenvalue weighted by Gasteiger charge is 2.44. The monoisotopic (exact) mass is 291 g/mol. The lowest BCUT2D eigenvalue weighted by Gasteiger charge is -2.27. The number of sulfone groups is 1. The summed E-state index contributed by atoms with van der Waals surface area (Å²) in [7, 11) is -3.21. The summed E-state index contributed by atoms with van der Waals surface area (Å²) < 4.78 is 28.1. The summed E-state index contributed by atoms with van der Waals surface area (Å²) in [4.78, 5) is 22.9. The molecule has 2 atom stereocenters. The van der Waals surface area contributed by atoms with Crippen molar-refractivity contribution in [3.05, 3.63) is 0 Å². The Morgan fingerprint density at radius 1 is 1.42 bits per heavy atom. The van der Waals surface area contributed by atoms with Crippen molar-refractivity contribution >= 4 is 22.2 Å². The van der Waals surface area contributed by atoms with Crippen LogP contribution in [0.5, 0.6) is 0 Å². The Kier molecular flexibility index (Phi) is 4.29. The number of hydrogen-bond acceptors (Lipinski definition) is 5. The lowest BCUT2D eigenvalue weighted by atomic mass is 10.0. The summed E-state index contributed by atoms with van der Waals surface area (Å²) in [5, 5.41) is 1.92. The first-order chi connectivity index (χ1) is 8.47. The van der Waals surface area contributed by atoms with E-state index >= 15 is 0 Å². The van der Waals surface area contributed by atoms with E-state index in [-0.39, 0.29) is 6.42 Å². The molecule has 0 radical (unpaired) electrons. The lowest BCUT2D eigenvalue weighted by molar-refractivity contribution is -0.113. The molecular formula is C12H21NO5S. The van der Waals surface area contributed by atoms with Gasteiger partial charge in [0.15, 0.2) is 0 Å². The van der Waals surface area contributed by atoms with Crippen molar-refractivity contribution in [1.29, 1.82) is 0 Å². The predicted molar refractivity (Wildman–Crippen MR) is 70.6 cm³/mol. The number of nitrogens with one attached hydrogen (secondary N) is 1. The maximum atomic E-state index is 11.7. The second kappa shape index (κ2) is 5.11. The third-order valence-electron chi connectivity index (χ3n) is 3.09. The van der Waals surface area contributed by atoms with Crippen LogP contribution in [0.25, 0.3) is 0 Å². The summed E-state index contributed by atoms with van der Waals surface area (Å²) in [5.41, 5.74) is -1.79. The van der Waals surface area contributed by atoms with Crippen molar-refractivity contribution in [3.8, 4) is 0 Å². The van der Waals surface area contributed by atoms with E-state index in [0.29, 0.717) is 19.1 Å². The van der Waals surface area contributed by atoms with Gasteiger partial charge in [-0.2, -0.15) is 0 Å². The first-order valence-corrected chi connectivity index (χ1v) is 8.09. The number of alkyl carbamates (subject to hydrolysis) is 1. The van der Waals surface area contributed by atoms with Gasteiger partial charge in [0.05, 0.1) is 5.25 Å². The van der Waals surface area contributed by atoms with E-state index in [1.807, 2.05) is 0 Å². The van der Waals surface area contributed by atoms with Crippen LogP contribution < -0.4 is 5.32 Å². The van der Waals surface area contributed by atoms with Gasteiger partial charge in [-0.3, -0.25) is 0 Å². The third-order valence-corrected chi connectivity index (χ3v) is 4.70. The lowest BCUT2D eigenvalue weighted by Crippen LogP contribution is -2.50. The van der Waals surface area contributed by atoms with Crippen molar-refractivity contribution in [3.63, 3.8) is 0 Å². The van der Waals surface area contributed by atoms with Crippen LogP contribution in [0.15, 0.2) is 0 Å². The van der Waals surface area contributed by atoms with Gasteiger partial charge in [0.25, 0.3) is 0 Å². The number of ether oxygens (including phenoxy) is 1. The minimum atomic E-state index is -3.21. The molecule has 1 fully saturated rings. The van der Waals surface area contributed by atoms with Gasteiger partial charge >= 0.3 is 6.09 Å². The zero-order chi connectivity index (χ0) is 14.9. The maximum Gasteiger partial charge on any atom is 0.408 e. The van der Waals surface area contributed by atoms with Gasteiger partial charge in [-0.05, 0) is 40.0 Å². The van der Waals surface area contributed by atoms with E-state index in [1.165, 1.54) is 0 Å². The Balaban J connectivity index is 2.75. The van der Waals surface area contributed by atoms with E-state index in [1.54, 1.807) is 20.8 Å². The number of rotatable bonds is 3. The Hall–Kier alpha value is -1.11. The van der Waals surface area contributed by atoms with Crippen molar-refractivity contribution in [2.75, 3.05) is 6.26 Å². The number of carbonyl (C=O) groups excluding carboxylic acids is 2. The number of hydrogen-bond donors (Lipinski definition) is 1. The highest BCUT2D eigenvalue weighted by molar-refractivity contribution is 7.91. The molecular weight excluding hydrogens is 270 g/mol. The Morgan fingerprint density at radius 2 is 2.00 bits per heavy atom. The molecule has 0 saturated heterocycles. The molecule has 0 aliphatic heterocycles. The number of aldehydes is 1. The molecule has 6 nitrogen and oxygen atoms in total. The molecule has 1 aliphatic carbocycles. The zero-order valence-corrected chi connectivity index (χ0v) is 12.5. The van der Waals surface area contributed by atoms with Crippen LogP contribution in [0.3, 0.4) is 0 Å². The van der Waals surface area contributed by atoms with Crippen molar-refractivity contribution in [2.24, 2.45) is 0 Å². The Bertz CT molecular complexity index is 465. The van der Waals surface area contributed by atoms with E-state index in [2.05, 4.69) is 5.32 Å². The van der Waals surface area contributed by atoms with Crippen molar-refractivity contribution in [1.82, 2.24) is 5.32 Å². The summed E-state index contributed by atoms with van der Waals surface area (Å²) in [6.07, 6.45) is 1.84.